The van der Waals surface area contributed by atoms with E-state index in [2.05, 4.69) is 59.4 Å². The van der Waals surface area contributed by atoms with Gasteiger partial charge in [-0.25, -0.2) is 0 Å². The van der Waals surface area contributed by atoms with Gasteiger partial charge in [-0.05, 0) is 53.0 Å². The highest BCUT2D eigenvalue weighted by Gasteiger charge is 2.41. The summed E-state index contributed by atoms with van der Waals surface area (Å²) in [6, 6.07) is 8.84. The Morgan fingerprint density at radius 2 is 1.90 bits per heavy atom. The van der Waals surface area contributed by atoms with E-state index in [0.717, 1.165) is 5.92 Å². The summed E-state index contributed by atoms with van der Waals surface area (Å²) in [5, 5.41) is 3.83. The van der Waals surface area contributed by atoms with Gasteiger partial charge in [0.05, 0.1) is 0 Å². The van der Waals surface area contributed by atoms with E-state index in [9.17, 15) is 0 Å². The Hall–Kier alpha value is -0.340. The third kappa shape index (κ3) is 2.57. The van der Waals surface area contributed by atoms with Crippen molar-refractivity contribution < 1.29 is 0 Å². The van der Waals surface area contributed by atoms with Gasteiger partial charge in [-0.1, -0.05) is 60.8 Å². The Balaban J connectivity index is 1.99. The summed E-state index contributed by atoms with van der Waals surface area (Å²) in [4.78, 5) is 0.510. The molecule has 20 heavy (non-hydrogen) atoms. The zero-order valence-electron chi connectivity index (χ0n) is 12.4. The average Bonchev–Trinajstić information content (AvgIpc) is 3.04. The molecule has 0 saturated heterocycles. The highest BCUT2D eigenvalue weighted by atomic mass is 79.9. The van der Waals surface area contributed by atoms with E-state index in [1.165, 1.54) is 47.8 Å². The van der Waals surface area contributed by atoms with Crippen LogP contribution in [0.2, 0.25) is 0 Å². The summed E-state index contributed by atoms with van der Waals surface area (Å²) in [7, 11) is 0. The number of fused-ring (bicyclic) bond motifs is 1. The van der Waals surface area contributed by atoms with Gasteiger partial charge in [-0.3, -0.25) is 0 Å². The molecule has 2 aromatic rings. The van der Waals surface area contributed by atoms with Crippen LogP contribution in [-0.4, -0.2) is 0 Å². The fourth-order valence-electron chi connectivity index (χ4n) is 3.98. The molecule has 1 aromatic carbocycles. The van der Waals surface area contributed by atoms with Crippen molar-refractivity contribution in [3.8, 4) is 0 Å². The van der Waals surface area contributed by atoms with E-state index in [-0.39, 0.29) is 0 Å². The standard InChI is InChI=1S/C18H23BrS/c1-13(2)11-18(9-5-6-10-18)17(19)15-12-20-16-8-4-3-7-14(15)16/h3-4,7-8,12-13,17H,5-6,9-11H2,1-2H3. The molecule has 108 valence electrons. The molecule has 1 aromatic heterocycles. The van der Waals surface area contributed by atoms with Gasteiger partial charge < -0.3 is 0 Å². The average molecular weight is 351 g/mol. The molecular formula is C18H23BrS. The van der Waals surface area contributed by atoms with Crippen molar-refractivity contribution in [2.45, 2.75) is 50.8 Å². The van der Waals surface area contributed by atoms with Crippen LogP contribution in [0.4, 0.5) is 0 Å². The highest BCUT2D eigenvalue weighted by Crippen LogP contribution is 2.56. The minimum Gasteiger partial charge on any atom is -0.143 e. The van der Waals surface area contributed by atoms with Crippen LogP contribution in [-0.2, 0) is 0 Å². The maximum absolute atomic E-state index is 4.11. The summed E-state index contributed by atoms with van der Waals surface area (Å²) in [5.74, 6) is 0.776. The highest BCUT2D eigenvalue weighted by molar-refractivity contribution is 9.09. The van der Waals surface area contributed by atoms with E-state index < -0.39 is 0 Å². The predicted molar refractivity (Wildman–Crippen MR) is 93.8 cm³/mol. The van der Waals surface area contributed by atoms with Crippen LogP contribution in [0.5, 0.6) is 0 Å². The van der Waals surface area contributed by atoms with Crippen LogP contribution in [0.1, 0.15) is 56.3 Å². The summed E-state index contributed by atoms with van der Waals surface area (Å²) >= 11 is 5.99. The normalized spacial score (nSPS) is 19.8. The topological polar surface area (TPSA) is 0 Å². The second-order valence-electron chi connectivity index (χ2n) is 6.72. The van der Waals surface area contributed by atoms with Crippen molar-refractivity contribution in [3.05, 3.63) is 35.2 Å². The largest absolute Gasteiger partial charge is 0.143 e. The monoisotopic (exact) mass is 350 g/mol. The van der Waals surface area contributed by atoms with Crippen LogP contribution >= 0.6 is 27.3 Å². The fourth-order valence-corrected chi connectivity index (χ4v) is 6.16. The SMILES string of the molecule is CC(C)CC1(C(Br)c2csc3ccccc23)CCCC1. The van der Waals surface area contributed by atoms with Gasteiger partial charge in [0.15, 0.2) is 0 Å². The van der Waals surface area contributed by atoms with Crippen molar-refractivity contribution in [3.63, 3.8) is 0 Å². The second-order valence-corrected chi connectivity index (χ2v) is 8.54. The van der Waals surface area contributed by atoms with Crippen molar-refractivity contribution in [1.29, 1.82) is 0 Å². The van der Waals surface area contributed by atoms with Crippen LogP contribution in [0.15, 0.2) is 29.6 Å². The second kappa shape index (κ2) is 5.81. The number of hydrogen-bond acceptors (Lipinski definition) is 1. The molecule has 3 rings (SSSR count). The molecule has 0 bridgehead atoms. The summed E-state index contributed by atoms with van der Waals surface area (Å²) in [6.45, 7) is 4.73. The number of rotatable bonds is 4. The number of benzene rings is 1. The molecule has 0 nitrogen and oxygen atoms in total. The molecule has 0 aliphatic heterocycles. The smallest absolute Gasteiger partial charge is 0.0466 e. The number of hydrogen-bond donors (Lipinski definition) is 0. The van der Waals surface area contributed by atoms with Crippen molar-refractivity contribution in [2.75, 3.05) is 0 Å². The Bertz CT molecular complexity index is 578. The molecule has 0 spiro atoms. The number of thiophene rings is 1. The van der Waals surface area contributed by atoms with Gasteiger partial charge in [-0.15, -0.1) is 11.3 Å². The first-order valence-corrected chi connectivity index (χ1v) is 9.52. The van der Waals surface area contributed by atoms with E-state index in [4.69, 9.17) is 0 Å². The third-order valence-corrected chi connectivity index (χ3v) is 7.18. The van der Waals surface area contributed by atoms with Crippen LogP contribution in [0, 0.1) is 11.3 Å². The van der Waals surface area contributed by atoms with Gasteiger partial charge in [-0.2, -0.15) is 0 Å². The molecule has 1 aliphatic rings. The van der Waals surface area contributed by atoms with Gasteiger partial charge in [0.25, 0.3) is 0 Å². The zero-order valence-corrected chi connectivity index (χ0v) is 14.8. The van der Waals surface area contributed by atoms with Gasteiger partial charge in [0.1, 0.15) is 0 Å². The molecule has 2 heteroatoms. The quantitative estimate of drug-likeness (QED) is 0.523. The lowest BCUT2D eigenvalue weighted by atomic mass is 9.74. The van der Waals surface area contributed by atoms with Gasteiger partial charge in [0, 0.05) is 9.53 Å². The van der Waals surface area contributed by atoms with Gasteiger partial charge in [0.2, 0.25) is 0 Å². The molecular weight excluding hydrogens is 328 g/mol. The Labute approximate surface area is 134 Å². The van der Waals surface area contributed by atoms with E-state index in [0.29, 0.717) is 10.2 Å². The summed E-state index contributed by atoms with van der Waals surface area (Å²) in [5.41, 5.74) is 1.99. The minimum absolute atomic E-state index is 0.470. The lowest BCUT2D eigenvalue weighted by Crippen LogP contribution is -2.24. The Morgan fingerprint density at radius 1 is 1.20 bits per heavy atom. The minimum atomic E-state index is 0.470. The molecule has 0 radical (unpaired) electrons. The van der Waals surface area contributed by atoms with Crippen LogP contribution in [0.25, 0.3) is 10.1 Å². The Morgan fingerprint density at radius 3 is 2.60 bits per heavy atom. The van der Waals surface area contributed by atoms with E-state index in [1.54, 1.807) is 0 Å². The number of alkyl halides is 1. The molecule has 1 atom stereocenters. The van der Waals surface area contributed by atoms with Crippen molar-refractivity contribution >= 4 is 37.4 Å². The first-order chi connectivity index (χ1) is 9.62. The van der Waals surface area contributed by atoms with Crippen molar-refractivity contribution in [2.24, 2.45) is 11.3 Å². The maximum Gasteiger partial charge on any atom is 0.0466 e. The molecule has 1 saturated carbocycles. The van der Waals surface area contributed by atoms with Crippen LogP contribution in [0.3, 0.4) is 0 Å². The van der Waals surface area contributed by atoms with Crippen LogP contribution < -0.4 is 0 Å². The predicted octanol–water partition coefficient (Wildman–Crippen LogP) is 6.94. The lowest BCUT2D eigenvalue weighted by molar-refractivity contribution is 0.231. The molecule has 1 aliphatic carbocycles. The lowest BCUT2D eigenvalue weighted by Gasteiger charge is -2.36. The molecule has 1 heterocycles. The molecule has 0 amide bonds. The molecule has 1 unspecified atom stereocenters. The fraction of sp³-hybridized carbons (Fsp3) is 0.556. The zero-order chi connectivity index (χ0) is 14.2. The Kier molecular flexibility index (Phi) is 4.24. The summed E-state index contributed by atoms with van der Waals surface area (Å²) < 4.78 is 1.42. The first-order valence-electron chi connectivity index (χ1n) is 7.73. The van der Waals surface area contributed by atoms with E-state index in [1.807, 2.05) is 11.3 Å². The molecule has 1 fully saturated rings. The first kappa shape index (κ1) is 14.6. The third-order valence-electron chi connectivity index (χ3n) is 4.74. The summed E-state index contributed by atoms with van der Waals surface area (Å²) in [6.07, 6.45) is 6.90. The van der Waals surface area contributed by atoms with Gasteiger partial charge >= 0.3 is 0 Å². The van der Waals surface area contributed by atoms with E-state index >= 15 is 0 Å². The maximum atomic E-state index is 4.11. The van der Waals surface area contributed by atoms with Crippen molar-refractivity contribution in [1.82, 2.24) is 0 Å². The number of halogens is 1. The molecule has 0 N–H and O–H groups in total.